The molecule has 1 saturated heterocycles. The largest absolute Gasteiger partial charge is 0.457 e. The lowest BCUT2D eigenvalue weighted by atomic mass is 9.99. The van der Waals surface area contributed by atoms with Crippen molar-refractivity contribution in [3.8, 4) is 0 Å². The molecule has 0 aliphatic carbocycles. The molecule has 1 aliphatic rings. The Labute approximate surface area is 305 Å². The number of allylic oxidation sites excluding steroid dienone is 4. The van der Waals surface area contributed by atoms with Gasteiger partial charge in [0.25, 0.3) is 0 Å². The molecule has 9 nitrogen and oxygen atoms in total. The molecular weight excluding hydrogens is 636 g/mol. The summed E-state index contributed by atoms with van der Waals surface area (Å²) >= 11 is 0. The molecule has 0 aromatic heterocycles. The summed E-state index contributed by atoms with van der Waals surface area (Å²) in [6, 6.07) is 0. The molecule has 0 spiro atoms. The van der Waals surface area contributed by atoms with E-state index in [-0.39, 0.29) is 19.2 Å². The Morgan fingerprint density at radius 1 is 0.640 bits per heavy atom. The van der Waals surface area contributed by atoms with E-state index in [1.165, 1.54) is 109 Å². The quantitative estimate of drug-likeness (QED) is 0.0296. The van der Waals surface area contributed by atoms with Crippen molar-refractivity contribution >= 4 is 5.97 Å². The molecule has 0 aromatic carbocycles. The fraction of sp³-hybridized carbons (Fsp3) is 0.878. The highest BCUT2D eigenvalue weighted by Crippen LogP contribution is 2.22. The summed E-state index contributed by atoms with van der Waals surface area (Å²) in [6.07, 6.45) is 30.1. The number of hydrogen-bond donors (Lipinski definition) is 4. The predicted molar refractivity (Wildman–Crippen MR) is 201 cm³/mol. The van der Waals surface area contributed by atoms with E-state index >= 15 is 0 Å². The van der Waals surface area contributed by atoms with E-state index in [1.807, 2.05) is 0 Å². The highest BCUT2D eigenvalue weighted by atomic mass is 16.7. The minimum atomic E-state index is -1.53. The maximum atomic E-state index is 12.4. The van der Waals surface area contributed by atoms with Gasteiger partial charge in [0, 0.05) is 13.0 Å². The average Bonchev–Trinajstić information content (AvgIpc) is 3.11. The first-order chi connectivity index (χ1) is 24.4. The molecular formula is C41H76O9. The topological polar surface area (TPSA) is 135 Å². The SMILES string of the molecule is CCCCCCC/C=C\C/C=C\CCCCCCCCCCCCCCOCC(COC1OC(CO)C(O)C(O)C1O)OC(=O)CCCCC. The number of unbranched alkanes of at least 4 members (excludes halogenated alkanes) is 19. The van der Waals surface area contributed by atoms with Gasteiger partial charge in [-0.15, -0.1) is 0 Å². The normalized spacial score (nSPS) is 21.8. The average molecular weight is 713 g/mol. The van der Waals surface area contributed by atoms with E-state index in [0.29, 0.717) is 13.0 Å². The highest BCUT2D eigenvalue weighted by molar-refractivity contribution is 5.69. The van der Waals surface area contributed by atoms with Gasteiger partial charge in [-0.25, -0.2) is 0 Å². The van der Waals surface area contributed by atoms with Gasteiger partial charge in [0.2, 0.25) is 0 Å². The van der Waals surface area contributed by atoms with Gasteiger partial charge in [0.05, 0.1) is 19.8 Å². The third kappa shape index (κ3) is 24.8. The standard InChI is InChI=1S/C41H76O9/c1-3-5-7-8-9-10-11-12-13-14-15-16-17-18-19-20-21-22-23-24-25-26-27-29-31-47-33-35(49-37(43)30-28-6-4-2)34-48-41-40(46)39(45)38(44)36(32-42)50-41/h11-12,14-15,35-36,38-42,44-46H,3-10,13,16-34H2,1-2H3/b12-11-,15-14-. The Morgan fingerprint density at radius 3 is 1.72 bits per heavy atom. The third-order valence-corrected chi connectivity index (χ3v) is 9.37. The zero-order valence-electron chi connectivity index (χ0n) is 31.9. The van der Waals surface area contributed by atoms with Crippen molar-refractivity contribution in [2.75, 3.05) is 26.4 Å². The first kappa shape index (κ1) is 46.7. The zero-order valence-corrected chi connectivity index (χ0v) is 31.9. The van der Waals surface area contributed by atoms with Crippen molar-refractivity contribution in [1.29, 1.82) is 0 Å². The minimum absolute atomic E-state index is 0.114. The monoisotopic (exact) mass is 713 g/mol. The third-order valence-electron chi connectivity index (χ3n) is 9.37. The summed E-state index contributed by atoms with van der Waals surface area (Å²) < 4.78 is 22.4. The lowest BCUT2D eigenvalue weighted by Gasteiger charge is -2.39. The van der Waals surface area contributed by atoms with Crippen LogP contribution >= 0.6 is 0 Å². The summed E-state index contributed by atoms with van der Waals surface area (Å²) in [7, 11) is 0. The van der Waals surface area contributed by atoms with Gasteiger partial charge in [-0.05, 0) is 44.9 Å². The molecule has 0 bridgehead atoms. The Bertz CT molecular complexity index is 818. The summed E-state index contributed by atoms with van der Waals surface area (Å²) in [5.74, 6) is -0.338. The Hall–Kier alpha value is -1.33. The van der Waals surface area contributed by atoms with Crippen LogP contribution in [0.4, 0.5) is 0 Å². The smallest absolute Gasteiger partial charge is 0.306 e. The van der Waals surface area contributed by atoms with E-state index in [1.54, 1.807) is 0 Å². The van der Waals surface area contributed by atoms with Crippen molar-refractivity contribution in [1.82, 2.24) is 0 Å². The molecule has 0 radical (unpaired) electrons. The molecule has 6 atom stereocenters. The van der Waals surface area contributed by atoms with Crippen LogP contribution in [0.25, 0.3) is 0 Å². The van der Waals surface area contributed by atoms with E-state index in [4.69, 9.17) is 18.9 Å². The van der Waals surface area contributed by atoms with Crippen molar-refractivity contribution in [3.05, 3.63) is 24.3 Å². The second-order valence-corrected chi connectivity index (χ2v) is 14.1. The Kier molecular flexibility index (Phi) is 31.3. The molecule has 4 N–H and O–H groups in total. The van der Waals surface area contributed by atoms with Crippen LogP contribution in [-0.2, 0) is 23.7 Å². The predicted octanol–water partition coefficient (Wildman–Crippen LogP) is 8.25. The lowest BCUT2D eigenvalue weighted by molar-refractivity contribution is -0.305. The van der Waals surface area contributed by atoms with Gasteiger partial charge in [-0.1, -0.05) is 141 Å². The van der Waals surface area contributed by atoms with Crippen LogP contribution < -0.4 is 0 Å². The summed E-state index contributed by atoms with van der Waals surface area (Å²) in [5.41, 5.74) is 0. The zero-order chi connectivity index (χ0) is 36.5. The molecule has 0 aromatic rings. The fourth-order valence-corrected chi connectivity index (χ4v) is 6.11. The van der Waals surface area contributed by atoms with Crippen LogP contribution in [0.5, 0.6) is 0 Å². The van der Waals surface area contributed by atoms with Crippen LogP contribution in [0.1, 0.15) is 168 Å². The van der Waals surface area contributed by atoms with Gasteiger partial charge < -0.3 is 39.4 Å². The van der Waals surface area contributed by atoms with Crippen molar-refractivity contribution in [3.63, 3.8) is 0 Å². The first-order valence-corrected chi connectivity index (χ1v) is 20.4. The van der Waals surface area contributed by atoms with Crippen molar-refractivity contribution < 1.29 is 44.2 Å². The number of carbonyl (C=O) groups excluding carboxylic acids is 1. The van der Waals surface area contributed by atoms with E-state index in [9.17, 15) is 25.2 Å². The molecule has 294 valence electrons. The number of carbonyl (C=O) groups is 1. The molecule has 1 fully saturated rings. The maximum Gasteiger partial charge on any atom is 0.306 e. The number of rotatable bonds is 34. The minimum Gasteiger partial charge on any atom is -0.457 e. The molecule has 1 rings (SSSR count). The van der Waals surface area contributed by atoms with Crippen LogP contribution in [0.15, 0.2) is 24.3 Å². The Balaban J connectivity index is 2.06. The number of aliphatic hydroxyl groups excluding tert-OH is 4. The Morgan fingerprint density at radius 2 is 1.16 bits per heavy atom. The van der Waals surface area contributed by atoms with E-state index < -0.39 is 43.4 Å². The number of aliphatic hydroxyl groups is 4. The molecule has 6 unspecified atom stereocenters. The lowest BCUT2D eigenvalue weighted by Crippen LogP contribution is -2.59. The molecule has 0 saturated carbocycles. The molecule has 50 heavy (non-hydrogen) atoms. The maximum absolute atomic E-state index is 12.4. The van der Waals surface area contributed by atoms with Gasteiger partial charge in [0.1, 0.15) is 30.5 Å². The fourth-order valence-electron chi connectivity index (χ4n) is 6.11. The molecule has 0 amide bonds. The van der Waals surface area contributed by atoms with E-state index in [2.05, 4.69) is 38.2 Å². The van der Waals surface area contributed by atoms with E-state index in [0.717, 1.165) is 38.5 Å². The van der Waals surface area contributed by atoms with Crippen LogP contribution in [0.2, 0.25) is 0 Å². The molecule has 1 aliphatic heterocycles. The van der Waals surface area contributed by atoms with Crippen LogP contribution in [0, 0.1) is 0 Å². The van der Waals surface area contributed by atoms with Gasteiger partial charge in [-0.3, -0.25) is 4.79 Å². The number of hydrogen-bond acceptors (Lipinski definition) is 9. The van der Waals surface area contributed by atoms with Crippen LogP contribution in [0.3, 0.4) is 0 Å². The van der Waals surface area contributed by atoms with Gasteiger partial charge in [-0.2, -0.15) is 0 Å². The summed E-state index contributed by atoms with van der Waals surface area (Å²) in [4.78, 5) is 12.4. The highest BCUT2D eigenvalue weighted by Gasteiger charge is 2.44. The first-order valence-electron chi connectivity index (χ1n) is 20.4. The van der Waals surface area contributed by atoms with Gasteiger partial charge in [0.15, 0.2) is 6.29 Å². The summed E-state index contributed by atoms with van der Waals surface area (Å²) in [5, 5.41) is 39.7. The molecule has 1 heterocycles. The van der Waals surface area contributed by atoms with Crippen molar-refractivity contribution in [2.24, 2.45) is 0 Å². The van der Waals surface area contributed by atoms with Gasteiger partial charge >= 0.3 is 5.97 Å². The summed E-state index contributed by atoms with van der Waals surface area (Å²) in [6.45, 7) is 4.37. The number of ether oxygens (including phenoxy) is 4. The second kappa shape index (κ2) is 33.5. The van der Waals surface area contributed by atoms with Crippen LogP contribution in [-0.4, -0.2) is 89.6 Å². The number of esters is 1. The van der Waals surface area contributed by atoms with Crippen molar-refractivity contribution in [2.45, 2.75) is 205 Å². The second-order valence-electron chi connectivity index (χ2n) is 14.1. The molecule has 9 heteroatoms.